The van der Waals surface area contributed by atoms with Crippen molar-refractivity contribution in [2.75, 3.05) is 0 Å². The van der Waals surface area contributed by atoms with Gasteiger partial charge in [0.25, 0.3) is 0 Å². The van der Waals surface area contributed by atoms with Crippen molar-refractivity contribution in [2.45, 2.75) is 74.1 Å². The topological polar surface area (TPSA) is 158 Å². The minimum atomic E-state index is -0.596. The van der Waals surface area contributed by atoms with Crippen molar-refractivity contribution in [2.24, 2.45) is 5.92 Å². The molecule has 0 N–H and O–H groups in total. The summed E-state index contributed by atoms with van der Waals surface area (Å²) in [5.41, 5.74) is 10.2. The van der Waals surface area contributed by atoms with Crippen LogP contribution >= 0.6 is 0 Å². The predicted molar refractivity (Wildman–Crippen MR) is 193 cm³/mol. The van der Waals surface area contributed by atoms with Crippen LogP contribution in [0.3, 0.4) is 0 Å². The van der Waals surface area contributed by atoms with Gasteiger partial charge in [0.1, 0.15) is 0 Å². The van der Waals surface area contributed by atoms with E-state index in [1.165, 1.54) is 34.6 Å². The van der Waals surface area contributed by atoms with Gasteiger partial charge >= 0.3 is 35.8 Å². The Bertz CT molecular complexity index is 2330. The SMILES string of the molecule is CCC(C)C(=O)Oc1cc2c(cc1OC(C)=O)Cc1c3c(c4c(c1-2)Cc1cc(OC(C)=O)c(OC(C)=O)cc1-4)Cc1cc(OC(C)=O)c(OC(C)=O)cc1-3. The van der Waals surface area contributed by atoms with Crippen molar-refractivity contribution in [3.8, 4) is 67.9 Å². The predicted octanol–water partition coefficient (Wildman–Crippen LogP) is 6.98. The van der Waals surface area contributed by atoms with Crippen molar-refractivity contribution in [3.63, 3.8) is 0 Å². The number of carbonyl (C=O) groups excluding carboxylic acids is 6. The fraction of sp³-hybridized carbons (Fsp3) is 0.286. The van der Waals surface area contributed by atoms with Gasteiger partial charge in [-0.1, -0.05) is 13.8 Å². The summed E-state index contributed by atoms with van der Waals surface area (Å²) in [5.74, 6) is -3.24. The zero-order valence-corrected chi connectivity index (χ0v) is 30.8. The lowest BCUT2D eigenvalue weighted by atomic mass is 9.86. The molecule has 12 heteroatoms. The van der Waals surface area contributed by atoms with Crippen molar-refractivity contribution >= 4 is 35.8 Å². The Balaban J connectivity index is 1.51. The summed E-state index contributed by atoms with van der Waals surface area (Å²) in [6.07, 6.45) is 1.79. The highest BCUT2D eigenvalue weighted by Gasteiger charge is 2.39. The molecule has 0 fully saturated rings. The molecule has 3 aliphatic rings. The molecule has 0 aromatic heterocycles. The molecule has 4 aromatic rings. The summed E-state index contributed by atoms with van der Waals surface area (Å²) in [5, 5.41) is 0. The van der Waals surface area contributed by atoms with Gasteiger partial charge in [-0.15, -0.1) is 0 Å². The number of carbonyl (C=O) groups is 6. The van der Waals surface area contributed by atoms with Gasteiger partial charge in [-0.2, -0.15) is 0 Å². The molecule has 7 rings (SSSR count). The van der Waals surface area contributed by atoms with E-state index in [2.05, 4.69) is 0 Å². The van der Waals surface area contributed by atoms with Crippen LogP contribution in [-0.2, 0) is 48.0 Å². The van der Waals surface area contributed by atoms with E-state index in [-0.39, 0.29) is 34.5 Å². The molecule has 4 aromatic carbocycles. The van der Waals surface area contributed by atoms with Crippen LogP contribution in [-0.4, -0.2) is 35.8 Å². The third-order valence-electron chi connectivity index (χ3n) is 9.72. The average Bonchev–Trinajstić information content (AvgIpc) is 3.74. The molecule has 0 heterocycles. The minimum absolute atomic E-state index is 0.0778. The molecule has 54 heavy (non-hydrogen) atoms. The zero-order chi connectivity index (χ0) is 38.7. The van der Waals surface area contributed by atoms with Crippen LogP contribution in [0.1, 0.15) is 88.3 Å². The van der Waals surface area contributed by atoms with Gasteiger partial charge in [0.2, 0.25) is 0 Å². The van der Waals surface area contributed by atoms with Gasteiger partial charge in [-0.25, -0.2) is 0 Å². The minimum Gasteiger partial charge on any atom is -0.423 e. The number of benzene rings is 4. The second kappa shape index (κ2) is 13.6. The summed E-state index contributed by atoms with van der Waals surface area (Å²) in [7, 11) is 0. The molecular formula is C42H36O12. The first-order chi connectivity index (χ1) is 25.6. The largest absolute Gasteiger partial charge is 0.423 e. The highest BCUT2D eigenvalue weighted by atomic mass is 16.6. The Morgan fingerprint density at radius 2 is 0.722 bits per heavy atom. The molecule has 12 nitrogen and oxygen atoms in total. The van der Waals surface area contributed by atoms with Crippen LogP contribution in [0.25, 0.3) is 33.4 Å². The molecule has 276 valence electrons. The molecule has 1 unspecified atom stereocenters. The summed E-state index contributed by atoms with van der Waals surface area (Å²) >= 11 is 0. The lowest BCUT2D eigenvalue weighted by Gasteiger charge is -2.18. The average molecular weight is 733 g/mol. The number of rotatable bonds is 8. The van der Waals surface area contributed by atoms with Gasteiger partial charge in [-0.05, 0) is 129 Å². The van der Waals surface area contributed by atoms with E-state index >= 15 is 0 Å². The Morgan fingerprint density at radius 1 is 0.463 bits per heavy atom. The van der Waals surface area contributed by atoms with Crippen LogP contribution in [0.15, 0.2) is 36.4 Å². The molecule has 0 aliphatic heterocycles. The van der Waals surface area contributed by atoms with E-state index in [0.717, 1.165) is 66.8 Å². The first-order valence-electron chi connectivity index (χ1n) is 17.5. The van der Waals surface area contributed by atoms with E-state index in [1.807, 2.05) is 6.92 Å². The molecule has 1 atom stereocenters. The standard InChI is InChI=1S/C42H36O12/c1-8-18(2)42(48)54-38-17-29-26(14-35(38)51-21(5)45)11-32-40-27-15-36(52-22(6)46)33(49-19(3)43)12-24(27)9-30(40)39-28-16-37(53-23(7)47)34(50-20(4)44)13-25(28)10-31(39)41(29)32/h12-18H,8-11H2,1-7H3. The zero-order valence-electron chi connectivity index (χ0n) is 30.8. The molecule has 0 saturated carbocycles. The fourth-order valence-corrected chi connectivity index (χ4v) is 7.57. The quantitative estimate of drug-likeness (QED) is 0.117. The molecule has 0 radical (unpaired) electrons. The Labute approximate surface area is 310 Å². The van der Waals surface area contributed by atoms with Gasteiger partial charge in [0, 0.05) is 34.6 Å². The smallest absolute Gasteiger partial charge is 0.314 e. The monoisotopic (exact) mass is 732 g/mol. The third-order valence-corrected chi connectivity index (χ3v) is 9.72. The van der Waals surface area contributed by atoms with Crippen LogP contribution in [0, 0.1) is 5.92 Å². The van der Waals surface area contributed by atoms with Crippen LogP contribution in [0.5, 0.6) is 34.5 Å². The van der Waals surface area contributed by atoms with Crippen LogP contribution in [0.4, 0.5) is 0 Å². The molecular weight excluding hydrogens is 696 g/mol. The number of fused-ring (bicyclic) bond motifs is 12. The van der Waals surface area contributed by atoms with E-state index < -0.39 is 41.7 Å². The fourth-order valence-electron chi connectivity index (χ4n) is 7.57. The van der Waals surface area contributed by atoms with E-state index in [1.54, 1.807) is 43.3 Å². The summed E-state index contributed by atoms with van der Waals surface area (Å²) in [4.78, 5) is 73.9. The van der Waals surface area contributed by atoms with Crippen molar-refractivity contribution in [1.82, 2.24) is 0 Å². The van der Waals surface area contributed by atoms with Crippen molar-refractivity contribution < 1.29 is 57.2 Å². The van der Waals surface area contributed by atoms with Gasteiger partial charge in [-0.3, -0.25) is 28.8 Å². The second-order valence-electron chi connectivity index (χ2n) is 13.7. The third kappa shape index (κ3) is 6.37. The molecule has 0 saturated heterocycles. The molecule has 0 spiro atoms. The number of hydrogen-bond donors (Lipinski definition) is 0. The van der Waals surface area contributed by atoms with Crippen LogP contribution in [0.2, 0.25) is 0 Å². The number of ether oxygens (including phenoxy) is 6. The number of esters is 6. The summed E-state index contributed by atoms with van der Waals surface area (Å²) in [6, 6.07) is 10.2. The Hall–Kier alpha value is -6.30. The second-order valence-corrected chi connectivity index (χ2v) is 13.7. The van der Waals surface area contributed by atoms with E-state index in [9.17, 15) is 28.8 Å². The van der Waals surface area contributed by atoms with Gasteiger partial charge in [0.15, 0.2) is 34.5 Å². The van der Waals surface area contributed by atoms with Gasteiger partial charge < -0.3 is 28.4 Å². The summed E-state index contributed by atoms with van der Waals surface area (Å²) < 4.78 is 33.5. The highest BCUT2D eigenvalue weighted by Crippen LogP contribution is 2.59. The van der Waals surface area contributed by atoms with Crippen molar-refractivity contribution in [3.05, 3.63) is 69.8 Å². The van der Waals surface area contributed by atoms with Crippen LogP contribution < -0.4 is 28.4 Å². The normalized spacial score (nSPS) is 12.9. The maximum absolute atomic E-state index is 13.1. The maximum Gasteiger partial charge on any atom is 0.314 e. The molecule has 0 bridgehead atoms. The van der Waals surface area contributed by atoms with Crippen molar-refractivity contribution in [1.29, 1.82) is 0 Å². The van der Waals surface area contributed by atoms with E-state index in [4.69, 9.17) is 28.4 Å². The van der Waals surface area contributed by atoms with Gasteiger partial charge in [0.05, 0.1) is 5.92 Å². The lowest BCUT2D eigenvalue weighted by Crippen LogP contribution is -2.18. The van der Waals surface area contributed by atoms with E-state index in [0.29, 0.717) is 25.7 Å². The highest BCUT2D eigenvalue weighted by molar-refractivity contribution is 6.02. The molecule has 0 amide bonds. The summed E-state index contributed by atoms with van der Waals surface area (Å²) in [6.45, 7) is 9.94. The first-order valence-corrected chi connectivity index (χ1v) is 17.5. The maximum atomic E-state index is 13.1. The molecule has 3 aliphatic carbocycles. The Kier molecular flexibility index (Phi) is 9.08. The first kappa shape index (κ1) is 36.1. The Morgan fingerprint density at radius 3 is 0.981 bits per heavy atom. The number of hydrogen-bond acceptors (Lipinski definition) is 12. The lowest BCUT2D eigenvalue weighted by molar-refractivity contribution is -0.139.